The van der Waals surface area contributed by atoms with Gasteiger partial charge >= 0.3 is 0 Å². The third-order valence-corrected chi connectivity index (χ3v) is 2.85. The van der Waals surface area contributed by atoms with E-state index in [1.807, 2.05) is 0 Å². The lowest BCUT2D eigenvalue weighted by Crippen LogP contribution is -2.38. The van der Waals surface area contributed by atoms with Gasteiger partial charge in [-0.05, 0) is 35.4 Å². The van der Waals surface area contributed by atoms with Crippen molar-refractivity contribution in [3.05, 3.63) is 17.1 Å². The zero-order chi connectivity index (χ0) is 12.0. The van der Waals surface area contributed by atoms with Crippen molar-refractivity contribution >= 4 is 15.9 Å². The van der Waals surface area contributed by atoms with Crippen LogP contribution in [0.1, 0.15) is 27.2 Å². The lowest BCUT2D eigenvalue weighted by Gasteiger charge is -2.28. The first-order valence-electron chi connectivity index (χ1n) is 5.59. The van der Waals surface area contributed by atoms with Crippen LogP contribution in [0.25, 0.3) is 0 Å². The molecule has 90 valence electrons. The largest absolute Gasteiger partial charge is 0.472 e. The quantitative estimate of drug-likeness (QED) is 0.596. The van der Waals surface area contributed by atoms with Crippen LogP contribution < -0.4 is 4.74 Å². The van der Waals surface area contributed by atoms with Crippen molar-refractivity contribution in [2.45, 2.75) is 33.4 Å². The topological polar surface area (TPSA) is 38.3 Å². The van der Waals surface area contributed by atoms with Crippen molar-refractivity contribution in [3.63, 3.8) is 0 Å². The van der Waals surface area contributed by atoms with Gasteiger partial charge in [-0.15, -0.1) is 0 Å². The smallest absolute Gasteiger partial charge is 0.196 e. The van der Waals surface area contributed by atoms with Gasteiger partial charge in [0.05, 0.1) is 12.4 Å². The SMILES string of the molecule is CCC(Oc1cnc(Br)nc1)N(CC)CC. The summed E-state index contributed by atoms with van der Waals surface area (Å²) in [5.41, 5.74) is 0. The lowest BCUT2D eigenvalue weighted by atomic mass is 10.3. The van der Waals surface area contributed by atoms with Gasteiger partial charge in [0, 0.05) is 0 Å². The maximum atomic E-state index is 5.84. The second-order valence-electron chi connectivity index (χ2n) is 3.39. The third kappa shape index (κ3) is 3.72. The zero-order valence-corrected chi connectivity index (χ0v) is 11.6. The molecule has 0 fully saturated rings. The van der Waals surface area contributed by atoms with Gasteiger partial charge in [-0.25, -0.2) is 9.97 Å². The fraction of sp³-hybridized carbons (Fsp3) is 0.636. The second kappa shape index (κ2) is 6.81. The normalized spacial score (nSPS) is 12.8. The Bertz CT molecular complexity index is 301. The zero-order valence-electron chi connectivity index (χ0n) is 9.98. The van der Waals surface area contributed by atoms with E-state index in [-0.39, 0.29) is 6.23 Å². The lowest BCUT2D eigenvalue weighted by molar-refractivity contribution is 0.0292. The number of halogens is 1. The monoisotopic (exact) mass is 287 g/mol. The molecule has 4 nitrogen and oxygen atoms in total. The molecular weight excluding hydrogens is 270 g/mol. The predicted molar refractivity (Wildman–Crippen MR) is 67.4 cm³/mol. The van der Waals surface area contributed by atoms with Crippen LogP contribution >= 0.6 is 15.9 Å². The molecule has 0 saturated heterocycles. The fourth-order valence-electron chi connectivity index (χ4n) is 1.57. The van der Waals surface area contributed by atoms with Crippen LogP contribution in [0, 0.1) is 0 Å². The summed E-state index contributed by atoms with van der Waals surface area (Å²) in [7, 11) is 0. The van der Waals surface area contributed by atoms with Crippen LogP contribution in [0.3, 0.4) is 0 Å². The minimum atomic E-state index is 0.0970. The Hall–Kier alpha value is -0.680. The van der Waals surface area contributed by atoms with Crippen LogP contribution in [0.15, 0.2) is 17.1 Å². The minimum Gasteiger partial charge on any atom is -0.472 e. The summed E-state index contributed by atoms with van der Waals surface area (Å²) in [6.45, 7) is 8.34. The molecule has 0 aliphatic carbocycles. The molecule has 0 saturated carbocycles. The van der Waals surface area contributed by atoms with E-state index in [1.54, 1.807) is 12.4 Å². The summed E-state index contributed by atoms with van der Waals surface area (Å²) in [5, 5.41) is 0. The molecular formula is C11H18BrN3O. The molecule has 0 aliphatic rings. The first-order chi connectivity index (χ1) is 7.71. The molecule has 0 aliphatic heterocycles. The number of rotatable bonds is 6. The van der Waals surface area contributed by atoms with E-state index < -0.39 is 0 Å². The van der Waals surface area contributed by atoms with E-state index in [0.29, 0.717) is 10.5 Å². The average molecular weight is 288 g/mol. The van der Waals surface area contributed by atoms with E-state index in [9.17, 15) is 0 Å². The highest BCUT2D eigenvalue weighted by atomic mass is 79.9. The predicted octanol–water partition coefficient (Wildman–Crippen LogP) is 2.70. The van der Waals surface area contributed by atoms with Crippen molar-refractivity contribution < 1.29 is 4.74 Å². The molecule has 0 aromatic carbocycles. The van der Waals surface area contributed by atoms with Crippen LogP contribution in [0.5, 0.6) is 5.75 Å². The molecule has 0 bridgehead atoms. The summed E-state index contributed by atoms with van der Waals surface area (Å²) >= 11 is 3.20. The summed E-state index contributed by atoms with van der Waals surface area (Å²) in [5.74, 6) is 0.710. The van der Waals surface area contributed by atoms with Gasteiger partial charge in [-0.2, -0.15) is 0 Å². The van der Waals surface area contributed by atoms with E-state index in [4.69, 9.17) is 4.74 Å². The Morgan fingerprint density at radius 3 is 2.25 bits per heavy atom. The second-order valence-corrected chi connectivity index (χ2v) is 4.10. The van der Waals surface area contributed by atoms with Crippen molar-refractivity contribution in [2.75, 3.05) is 13.1 Å². The summed E-state index contributed by atoms with van der Waals surface area (Å²) in [4.78, 5) is 10.3. The molecule has 0 spiro atoms. The average Bonchev–Trinajstić information content (AvgIpc) is 2.32. The Morgan fingerprint density at radius 2 is 1.81 bits per heavy atom. The molecule has 1 atom stereocenters. The van der Waals surface area contributed by atoms with Crippen LogP contribution in [0.4, 0.5) is 0 Å². The maximum absolute atomic E-state index is 5.84. The number of hydrogen-bond acceptors (Lipinski definition) is 4. The molecule has 0 amide bonds. The van der Waals surface area contributed by atoms with Gasteiger partial charge in [-0.3, -0.25) is 4.90 Å². The highest BCUT2D eigenvalue weighted by Crippen LogP contribution is 2.14. The Labute approximate surface area is 105 Å². The summed E-state index contributed by atoms with van der Waals surface area (Å²) in [6.07, 6.45) is 4.41. The number of hydrogen-bond donors (Lipinski definition) is 0. The molecule has 1 aromatic rings. The first kappa shape index (κ1) is 13.4. The highest BCUT2D eigenvalue weighted by molar-refractivity contribution is 9.10. The number of aromatic nitrogens is 2. The molecule has 0 radical (unpaired) electrons. The molecule has 1 unspecified atom stereocenters. The third-order valence-electron chi connectivity index (χ3n) is 2.44. The highest BCUT2D eigenvalue weighted by Gasteiger charge is 2.15. The Balaban J connectivity index is 2.65. The summed E-state index contributed by atoms with van der Waals surface area (Å²) in [6, 6.07) is 0. The fourth-order valence-corrected chi connectivity index (χ4v) is 1.77. The first-order valence-corrected chi connectivity index (χ1v) is 6.38. The Morgan fingerprint density at radius 1 is 1.25 bits per heavy atom. The molecule has 0 N–H and O–H groups in total. The van der Waals surface area contributed by atoms with Gasteiger partial charge in [-0.1, -0.05) is 20.8 Å². The van der Waals surface area contributed by atoms with Crippen LogP contribution in [-0.2, 0) is 0 Å². The van der Waals surface area contributed by atoms with E-state index >= 15 is 0 Å². The van der Waals surface area contributed by atoms with Crippen LogP contribution in [-0.4, -0.2) is 34.2 Å². The van der Waals surface area contributed by atoms with Gasteiger partial charge in [0.2, 0.25) is 0 Å². The van der Waals surface area contributed by atoms with Crippen molar-refractivity contribution in [1.82, 2.24) is 14.9 Å². The molecule has 1 rings (SSSR count). The minimum absolute atomic E-state index is 0.0970. The van der Waals surface area contributed by atoms with Crippen molar-refractivity contribution in [1.29, 1.82) is 0 Å². The standard InChI is InChI=1S/C11H18BrN3O/c1-4-10(15(5-2)6-3)16-9-7-13-11(12)14-8-9/h7-8,10H,4-6H2,1-3H3. The van der Waals surface area contributed by atoms with Crippen LogP contribution in [0.2, 0.25) is 0 Å². The van der Waals surface area contributed by atoms with E-state index in [1.165, 1.54) is 0 Å². The molecule has 1 heterocycles. The molecule has 5 heteroatoms. The maximum Gasteiger partial charge on any atom is 0.196 e. The molecule has 1 aromatic heterocycles. The van der Waals surface area contributed by atoms with Gasteiger partial charge < -0.3 is 4.74 Å². The van der Waals surface area contributed by atoms with Gasteiger partial charge in [0.15, 0.2) is 16.7 Å². The van der Waals surface area contributed by atoms with E-state index in [0.717, 1.165) is 19.5 Å². The van der Waals surface area contributed by atoms with Gasteiger partial charge in [0.25, 0.3) is 0 Å². The van der Waals surface area contributed by atoms with Crippen molar-refractivity contribution in [3.8, 4) is 5.75 Å². The van der Waals surface area contributed by atoms with E-state index in [2.05, 4.69) is 51.6 Å². The number of nitrogens with zero attached hydrogens (tertiary/aromatic N) is 3. The molecule has 16 heavy (non-hydrogen) atoms. The van der Waals surface area contributed by atoms with Gasteiger partial charge in [0.1, 0.15) is 0 Å². The Kier molecular flexibility index (Phi) is 5.69. The summed E-state index contributed by atoms with van der Waals surface area (Å²) < 4.78 is 6.42. The number of ether oxygens (including phenoxy) is 1. The van der Waals surface area contributed by atoms with Crippen molar-refractivity contribution in [2.24, 2.45) is 0 Å².